The van der Waals surface area contributed by atoms with Gasteiger partial charge in [0.1, 0.15) is 0 Å². The van der Waals surface area contributed by atoms with E-state index in [9.17, 15) is 8.42 Å². The molecule has 0 amide bonds. The third kappa shape index (κ3) is 3.61. The van der Waals surface area contributed by atoms with Crippen LogP contribution in [0.5, 0.6) is 0 Å². The maximum absolute atomic E-state index is 12.3. The van der Waals surface area contributed by atoms with E-state index in [0.717, 1.165) is 19.6 Å². The summed E-state index contributed by atoms with van der Waals surface area (Å²) in [4.78, 5) is 8.76. The molecule has 2 saturated heterocycles. The van der Waals surface area contributed by atoms with Gasteiger partial charge in [-0.3, -0.25) is 9.80 Å². The first-order valence-corrected chi connectivity index (χ1v) is 10.3. The quantitative estimate of drug-likeness (QED) is 0.798. The number of hydrogen-bond donors (Lipinski definition) is 0. The van der Waals surface area contributed by atoms with Gasteiger partial charge in [0.05, 0.1) is 18.1 Å². The number of piperazine rings is 1. The Balaban J connectivity index is 1.53. The average Bonchev–Trinajstić information content (AvgIpc) is 3.13. The molecule has 0 saturated carbocycles. The highest BCUT2D eigenvalue weighted by Gasteiger charge is 2.46. The zero-order chi connectivity index (χ0) is 17.4. The van der Waals surface area contributed by atoms with Crippen molar-refractivity contribution in [3.8, 4) is 0 Å². The summed E-state index contributed by atoms with van der Waals surface area (Å²) in [7, 11) is -3.02. The fraction of sp³-hybridized carbons (Fsp3) is 0.529. The minimum Gasteiger partial charge on any atom is -0.340 e. The minimum atomic E-state index is -3.02. The summed E-state index contributed by atoms with van der Waals surface area (Å²) in [5, 5.41) is 3.96. The van der Waals surface area contributed by atoms with Gasteiger partial charge in [0.15, 0.2) is 15.7 Å². The molecule has 134 valence electrons. The molecule has 0 N–H and O–H groups in total. The average molecular weight is 362 g/mol. The van der Waals surface area contributed by atoms with Crippen molar-refractivity contribution in [2.45, 2.75) is 32.1 Å². The van der Waals surface area contributed by atoms with Crippen LogP contribution in [0.1, 0.15) is 17.3 Å². The molecule has 2 fully saturated rings. The highest BCUT2D eigenvalue weighted by molar-refractivity contribution is 7.91. The monoisotopic (exact) mass is 362 g/mol. The Hall–Kier alpha value is -1.77. The van der Waals surface area contributed by atoms with Crippen LogP contribution in [0.15, 0.2) is 34.9 Å². The van der Waals surface area contributed by atoms with Crippen molar-refractivity contribution in [3.05, 3.63) is 47.6 Å². The summed E-state index contributed by atoms with van der Waals surface area (Å²) in [5.74, 6) is 1.59. The first-order valence-electron chi connectivity index (χ1n) is 8.52. The van der Waals surface area contributed by atoms with Crippen LogP contribution in [0.3, 0.4) is 0 Å². The van der Waals surface area contributed by atoms with E-state index in [2.05, 4.69) is 32.1 Å². The van der Waals surface area contributed by atoms with E-state index in [1.165, 1.54) is 5.56 Å². The molecule has 8 heteroatoms. The van der Waals surface area contributed by atoms with Gasteiger partial charge >= 0.3 is 0 Å². The predicted molar refractivity (Wildman–Crippen MR) is 92.5 cm³/mol. The Morgan fingerprint density at radius 3 is 2.32 bits per heavy atom. The van der Waals surface area contributed by atoms with Crippen LogP contribution in [-0.4, -0.2) is 65.0 Å². The lowest BCUT2D eigenvalue weighted by Crippen LogP contribution is -2.58. The molecule has 1 aromatic carbocycles. The molecule has 2 aliphatic rings. The highest BCUT2D eigenvalue weighted by Crippen LogP contribution is 2.29. The van der Waals surface area contributed by atoms with Crippen molar-refractivity contribution >= 4 is 9.84 Å². The smallest absolute Gasteiger partial charge is 0.223 e. The number of benzene rings is 1. The summed E-state index contributed by atoms with van der Waals surface area (Å²) >= 11 is 0. The van der Waals surface area contributed by atoms with Crippen LogP contribution < -0.4 is 0 Å². The third-order valence-electron chi connectivity index (χ3n) is 5.05. The van der Waals surface area contributed by atoms with E-state index in [-0.39, 0.29) is 23.6 Å². The third-order valence-corrected chi connectivity index (χ3v) is 6.75. The molecule has 0 radical (unpaired) electrons. The van der Waals surface area contributed by atoms with Gasteiger partial charge in [-0.15, -0.1) is 0 Å². The lowest BCUT2D eigenvalue weighted by Gasteiger charge is -2.43. The SMILES string of the molecule is Cc1nc(CN2CCN(Cc3ccccc3)[C@@H]3CS(=O)(=O)C[C@@H]32)no1. The van der Waals surface area contributed by atoms with E-state index >= 15 is 0 Å². The number of aryl methyl sites for hydroxylation is 1. The highest BCUT2D eigenvalue weighted by atomic mass is 32.2. The topological polar surface area (TPSA) is 79.5 Å². The van der Waals surface area contributed by atoms with E-state index in [0.29, 0.717) is 18.3 Å². The number of sulfone groups is 1. The molecule has 0 spiro atoms. The normalized spacial score (nSPS) is 26.6. The van der Waals surface area contributed by atoms with Gasteiger partial charge in [0.25, 0.3) is 0 Å². The van der Waals surface area contributed by atoms with Crippen molar-refractivity contribution in [3.63, 3.8) is 0 Å². The second-order valence-corrected chi connectivity index (χ2v) is 9.02. The van der Waals surface area contributed by atoms with Gasteiger partial charge < -0.3 is 4.52 Å². The molecule has 7 nitrogen and oxygen atoms in total. The minimum absolute atomic E-state index is 0.0127. The Bertz CT molecular complexity index is 837. The first kappa shape index (κ1) is 16.7. The first-order chi connectivity index (χ1) is 12.0. The van der Waals surface area contributed by atoms with E-state index < -0.39 is 9.84 Å². The Kier molecular flexibility index (Phi) is 4.35. The van der Waals surface area contributed by atoms with Crippen molar-refractivity contribution in [2.75, 3.05) is 24.6 Å². The van der Waals surface area contributed by atoms with Crippen LogP contribution in [0.4, 0.5) is 0 Å². The number of nitrogens with zero attached hydrogens (tertiary/aromatic N) is 4. The summed E-state index contributed by atoms with van der Waals surface area (Å²) in [6.07, 6.45) is 0. The molecule has 1 aromatic heterocycles. The van der Waals surface area contributed by atoms with Crippen LogP contribution in [-0.2, 0) is 22.9 Å². The lowest BCUT2D eigenvalue weighted by molar-refractivity contribution is 0.0336. The van der Waals surface area contributed by atoms with Crippen LogP contribution in [0.2, 0.25) is 0 Å². The van der Waals surface area contributed by atoms with E-state index in [4.69, 9.17) is 4.52 Å². The van der Waals surface area contributed by atoms with E-state index in [1.54, 1.807) is 6.92 Å². The van der Waals surface area contributed by atoms with Gasteiger partial charge in [0, 0.05) is 38.6 Å². The molecule has 2 aromatic rings. The number of fused-ring (bicyclic) bond motifs is 1. The predicted octanol–water partition coefficient (Wildman–Crippen LogP) is 0.861. The molecular weight excluding hydrogens is 340 g/mol. The summed E-state index contributed by atoms with van der Waals surface area (Å²) in [6.45, 7) is 4.72. The molecule has 4 rings (SSSR count). The van der Waals surface area contributed by atoms with Crippen molar-refractivity contribution in [1.82, 2.24) is 19.9 Å². The zero-order valence-electron chi connectivity index (χ0n) is 14.2. The molecule has 0 aliphatic carbocycles. The Morgan fingerprint density at radius 2 is 1.72 bits per heavy atom. The maximum atomic E-state index is 12.3. The summed E-state index contributed by atoms with van der Waals surface area (Å²) in [5.41, 5.74) is 1.22. The fourth-order valence-corrected chi connectivity index (χ4v) is 5.94. The molecule has 3 heterocycles. The van der Waals surface area contributed by atoms with Gasteiger partial charge in [0.2, 0.25) is 5.89 Å². The van der Waals surface area contributed by atoms with Gasteiger partial charge in [-0.1, -0.05) is 35.5 Å². The molecular formula is C17H22N4O3S. The van der Waals surface area contributed by atoms with Crippen LogP contribution in [0.25, 0.3) is 0 Å². The molecule has 2 atom stereocenters. The largest absolute Gasteiger partial charge is 0.340 e. The molecule has 25 heavy (non-hydrogen) atoms. The standard InChI is InChI=1S/C17H22N4O3S/c1-13-18-17(19-24-13)10-21-8-7-20(9-14-5-3-2-4-6-14)15-11-25(22,23)12-16(15)21/h2-6,15-16H,7-12H2,1H3/t15-,16+/m1/s1. The van der Waals surface area contributed by atoms with Crippen molar-refractivity contribution < 1.29 is 12.9 Å². The second kappa shape index (κ2) is 6.51. The van der Waals surface area contributed by atoms with Crippen LogP contribution >= 0.6 is 0 Å². The van der Waals surface area contributed by atoms with Gasteiger partial charge in [-0.05, 0) is 5.56 Å². The van der Waals surface area contributed by atoms with Gasteiger partial charge in [-0.2, -0.15) is 4.98 Å². The Morgan fingerprint density at radius 1 is 1.08 bits per heavy atom. The molecule has 0 unspecified atom stereocenters. The summed E-state index contributed by atoms with van der Waals surface area (Å²) < 4.78 is 29.6. The fourth-order valence-electron chi connectivity index (χ4n) is 3.89. The molecule has 0 bridgehead atoms. The Labute approximate surface area is 147 Å². The van der Waals surface area contributed by atoms with Crippen molar-refractivity contribution in [1.29, 1.82) is 0 Å². The lowest BCUT2D eigenvalue weighted by atomic mass is 10.0. The van der Waals surface area contributed by atoms with Crippen molar-refractivity contribution in [2.24, 2.45) is 0 Å². The van der Waals surface area contributed by atoms with Gasteiger partial charge in [-0.25, -0.2) is 8.42 Å². The zero-order valence-corrected chi connectivity index (χ0v) is 15.0. The van der Waals surface area contributed by atoms with Crippen LogP contribution in [0, 0.1) is 6.92 Å². The maximum Gasteiger partial charge on any atom is 0.223 e. The van der Waals surface area contributed by atoms with E-state index in [1.807, 2.05) is 18.2 Å². The second-order valence-electron chi connectivity index (χ2n) is 6.87. The summed E-state index contributed by atoms with van der Waals surface area (Å²) in [6, 6.07) is 10.2. The number of hydrogen-bond acceptors (Lipinski definition) is 7. The number of aromatic nitrogens is 2. The molecule has 2 aliphatic heterocycles. The number of rotatable bonds is 4.